The van der Waals surface area contributed by atoms with Gasteiger partial charge in [-0.25, -0.2) is 4.98 Å². The number of rotatable bonds is 8. The molecule has 1 N–H and O–H groups in total. The van der Waals surface area contributed by atoms with Gasteiger partial charge in [0.25, 0.3) is 5.91 Å². The van der Waals surface area contributed by atoms with Gasteiger partial charge in [0.2, 0.25) is 0 Å². The van der Waals surface area contributed by atoms with Crippen LogP contribution in [0.1, 0.15) is 57.9 Å². The van der Waals surface area contributed by atoms with Gasteiger partial charge in [-0.2, -0.15) is 5.26 Å². The van der Waals surface area contributed by atoms with E-state index in [1.165, 1.54) is 0 Å². The number of carbonyl (C=O) groups excluding carboxylic acids is 1. The van der Waals surface area contributed by atoms with Crippen molar-refractivity contribution in [2.24, 2.45) is 13.0 Å². The molecular formula is C32H31N7O2. The summed E-state index contributed by atoms with van der Waals surface area (Å²) in [7, 11) is 1.89. The average molecular weight is 546 g/mol. The van der Waals surface area contributed by atoms with Gasteiger partial charge in [0, 0.05) is 49.5 Å². The van der Waals surface area contributed by atoms with Gasteiger partial charge in [-0.1, -0.05) is 18.2 Å². The van der Waals surface area contributed by atoms with Crippen molar-refractivity contribution in [2.75, 3.05) is 24.7 Å². The van der Waals surface area contributed by atoms with Crippen LogP contribution in [0.3, 0.4) is 0 Å². The van der Waals surface area contributed by atoms with Crippen molar-refractivity contribution in [3.05, 3.63) is 82.8 Å². The Morgan fingerprint density at radius 2 is 1.98 bits per heavy atom. The Morgan fingerprint density at radius 3 is 2.73 bits per heavy atom. The van der Waals surface area contributed by atoms with Crippen LogP contribution in [0.2, 0.25) is 0 Å². The van der Waals surface area contributed by atoms with Crippen LogP contribution in [0.25, 0.3) is 22.5 Å². The second-order valence-corrected chi connectivity index (χ2v) is 11.3. The van der Waals surface area contributed by atoms with Gasteiger partial charge in [0.1, 0.15) is 12.1 Å². The number of aromatic nitrogens is 4. The van der Waals surface area contributed by atoms with Gasteiger partial charge in [0.05, 0.1) is 24.8 Å². The molecule has 0 bridgehead atoms. The van der Waals surface area contributed by atoms with Crippen molar-refractivity contribution >= 4 is 11.7 Å². The first-order valence-electron chi connectivity index (χ1n) is 14.2. The van der Waals surface area contributed by atoms with Crippen molar-refractivity contribution in [1.29, 1.82) is 5.26 Å². The van der Waals surface area contributed by atoms with Crippen molar-refractivity contribution in [3.8, 4) is 28.6 Å². The van der Waals surface area contributed by atoms with Crippen LogP contribution >= 0.6 is 0 Å². The molecule has 0 spiro atoms. The molecule has 0 radical (unpaired) electrons. The largest absolute Gasteiger partial charge is 0.381 e. The monoisotopic (exact) mass is 545 g/mol. The molecule has 0 unspecified atom stereocenters. The number of ether oxygens (including phenoxy) is 1. The summed E-state index contributed by atoms with van der Waals surface area (Å²) in [5.41, 5.74) is 7.10. The highest BCUT2D eigenvalue weighted by Crippen LogP contribution is 2.43. The third-order valence-corrected chi connectivity index (χ3v) is 8.28. The number of nitrogens with one attached hydrogen (secondary N) is 1. The van der Waals surface area contributed by atoms with E-state index in [1.54, 1.807) is 11.2 Å². The summed E-state index contributed by atoms with van der Waals surface area (Å²) in [5.74, 6) is 2.26. The Morgan fingerprint density at radius 1 is 1.07 bits per heavy atom. The van der Waals surface area contributed by atoms with E-state index in [9.17, 15) is 10.1 Å². The fourth-order valence-electron chi connectivity index (χ4n) is 5.80. The lowest BCUT2D eigenvalue weighted by molar-refractivity contribution is 0.0996. The van der Waals surface area contributed by atoms with E-state index in [-0.39, 0.29) is 5.91 Å². The molecule has 1 saturated carbocycles. The average Bonchev–Trinajstić information content (AvgIpc) is 3.39. The molecule has 3 aliphatic rings. The van der Waals surface area contributed by atoms with Gasteiger partial charge in [-0.05, 0) is 77.8 Å². The van der Waals surface area contributed by atoms with E-state index in [0.29, 0.717) is 35.6 Å². The zero-order chi connectivity index (χ0) is 27.9. The molecule has 2 aromatic carbocycles. The molecule has 1 saturated heterocycles. The first kappa shape index (κ1) is 25.6. The Labute approximate surface area is 238 Å². The lowest BCUT2D eigenvalue weighted by Gasteiger charge is -2.18. The number of anilines is 1. The van der Waals surface area contributed by atoms with Crippen LogP contribution in [0, 0.1) is 17.2 Å². The third-order valence-electron chi connectivity index (χ3n) is 8.28. The topological polar surface area (TPSA) is 109 Å². The van der Waals surface area contributed by atoms with Crippen LogP contribution in [0.4, 0.5) is 5.82 Å². The lowest BCUT2D eigenvalue weighted by atomic mass is 9.96. The summed E-state index contributed by atoms with van der Waals surface area (Å²) in [4.78, 5) is 20.5. The zero-order valence-electron chi connectivity index (χ0n) is 23.0. The molecule has 4 heterocycles. The van der Waals surface area contributed by atoms with Gasteiger partial charge in [0.15, 0.2) is 5.82 Å². The van der Waals surface area contributed by atoms with Crippen molar-refractivity contribution in [2.45, 2.75) is 38.3 Å². The SMILES string of the molecule is Cn1cnnc1-c1cc(C#N)ccc1-c1cc(C2CC2)nc(N2Cc3ccc(CNC[C@@H]4CCOC4)cc3C2=O)c1. The fraction of sp³-hybridized carbons (Fsp3) is 0.344. The first-order valence-corrected chi connectivity index (χ1v) is 14.2. The van der Waals surface area contributed by atoms with Crippen molar-refractivity contribution < 1.29 is 9.53 Å². The number of fused-ring (bicyclic) bond motifs is 1. The Balaban J connectivity index is 1.20. The van der Waals surface area contributed by atoms with Crippen molar-refractivity contribution in [3.63, 3.8) is 0 Å². The number of pyridine rings is 1. The number of amides is 1. The number of nitrogens with zero attached hydrogens (tertiary/aromatic N) is 6. The predicted molar refractivity (Wildman–Crippen MR) is 154 cm³/mol. The van der Waals surface area contributed by atoms with E-state index in [0.717, 1.165) is 84.6 Å². The minimum Gasteiger partial charge on any atom is -0.381 e. The normalized spacial score (nSPS) is 18.1. The predicted octanol–water partition coefficient (Wildman–Crippen LogP) is 4.58. The lowest BCUT2D eigenvalue weighted by Crippen LogP contribution is -2.24. The number of benzene rings is 2. The molecular weight excluding hydrogens is 514 g/mol. The zero-order valence-corrected chi connectivity index (χ0v) is 23.0. The number of nitriles is 1. The smallest absolute Gasteiger partial charge is 0.260 e. The van der Waals surface area contributed by atoms with E-state index in [1.807, 2.05) is 41.9 Å². The highest BCUT2D eigenvalue weighted by molar-refractivity contribution is 6.10. The van der Waals surface area contributed by atoms with Crippen molar-refractivity contribution in [1.82, 2.24) is 25.1 Å². The van der Waals surface area contributed by atoms with E-state index in [2.05, 4.69) is 39.8 Å². The maximum Gasteiger partial charge on any atom is 0.260 e. The molecule has 7 rings (SSSR count). The van der Waals surface area contributed by atoms with Crippen LogP contribution in [-0.2, 0) is 24.9 Å². The summed E-state index contributed by atoms with van der Waals surface area (Å²) in [6, 6.07) is 18.2. The van der Waals surface area contributed by atoms with E-state index < -0.39 is 0 Å². The molecule has 9 nitrogen and oxygen atoms in total. The Bertz CT molecular complexity index is 1680. The molecule has 2 aliphatic heterocycles. The standard InChI is InChI=1S/C32H31N7O2/c1-38-19-35-37-31(38)28-10-20(14-33)3-7-26(28)25-12-29(23-5-6-23)36-30(13-25)39-17-24-4-2-21(11-27(24)32(39)40)15-34-16-22-8-9-41-18-22/h2-4,7,10-13,19,22-23,34H,5-6,8-9,15-18H2,1H3/t22-/m0/s1. The molecule has 9 heteroatoms. The van der Waals surface area contributed by atoms with E-state index >= 15 is 0 Å². The third kappa shape index (κ3) is 5.01. The number of hydrogen-bond acceptors (Lipinski definition) is 7. The van der Waals surface area contributed by atoms with Gasteiger partial charge in [-0.3, -0.25) is 9.69 Å². The number of aryl methyl sites for hydroxylation is 1. The van der Waals surface area contributed by atoms with Gasteiger partial charge in [-0.15, -0.1) is 10.2 Å². The van der Waals surface area contributed by atoms with Gasteiger partial charge < -0.3 is 14.6 Å². The summed E-state index contributed by atoms with van der Waals surface area (Å²) >= 11 is 0. The molecule has 206 valence electrons. The minimum absolute atomic E-state index is 0.0224. The highest BCUT2D eigenvalue weighted by Gasteiger charge is 2.32. The van der Waals surface area contributed by atoms with Crippen LogP contribution in [0.15, 0.2) is 54.9 Å². The first-order chi connectivity index (χ1) is 20.1. The van der Waals surface area contributed by atoms with Gasteiger partial charge >= 0.3 is 0 Å². The molecule has 1 amide bonds. The number of hydrogen-bond donors (Lipinski definition) is 1. The molecule has 2 fully saturated rings. The quantitative estimate of drug-likeness (QED) is 0.345. The van der Waals surface area contributed by atoms with Crippen LogP contribution in [-0.4, -0.2) is 45.4 Å². The van der Waals surface area contributed by atoms with Crippen LogP contribution < -0.4 is 10.2 Å². The maximum absolute atomic E-state index is 13.8. The molecule has 1 aliphatic carbocycles. The Kier molecular flexibility index (Phi) is 6.57. The molecule has 41 heavy (non-hydrogen) atoms. The minimum atomic E-state index is -0.0224. The maximum atomic E-state index is 13.8. The fourth-order valence-corrected chi connectivity index (χ4v) is 5.80. The van der Waals surface area contributed by atoms with Crippen LogP contribution in [0.5, 0.6) is 0 Å². The van der Waals surface area contributed by atoms with E-state index in [4.69, 9.17) is 9.72 Å². The summed E-state index contributed by atoms with van der Waals surface area (Å²) in [6.45, 7) is 3.80. The second-order valence-electron chi connectivity index (χ2n) is 11.3. The summed E-state index contributed by atoms with van der Waals surface area (Å²) in [6.07, 6.45) is 4.94. The highest BCUT2D eigenvalue weighted by atomic mass is 16.5. The molecule has 4 aromatic rings. The second kappa shape index (κ2) is 10.5. The number of carbonyl (C=O) groups is 1. The summed E-state index contributed by atoms with van der Waals surface area (Å²) in [5, 5.41) is 21.5. The Hall–Kier alpha value is -4.39. The molecule has 2 aromatic heterocycles. The molecule has 1 atom stereocenters. The summed E-state index contributed by atoms with van der Waals surface area (Å²) < 4.78 is 7.32.